The van der Waals surface area contributed by atoms with Crippen LogP contribution in [0.25, 0.3) is 11.3 Å². The zero-order chi connectivity index (χ0) is 19.4. The second kappa shape index (κ2) is 8.39. The molecule has 1 amide bonds. The molecule has 0 atom stereocenters. The number of hydrogen-bond donors (Lipinski definition) is 1. The lowest BCUT2D eigenvalue weighted by Gasteiger charge is -2.06. The Morgan fingerprint density at radius 1 is 1.11 bits per heavy atom. The van der Waals surface area contributed by atoms with E-state index in [1.54, 1.807) is 12.1 Å². The fraction of sp³-hybridized carbons (Fsp3) is 0.158. The minimum Gasteiger partial charge on any atom is -0.441 e. The van der Waals surface area contributed by atoms with E-state index in [0.717, 1.165) is 12.1 Å². The van der Waals surface area contributed by atoms with Crippen molar-refractivity contribution in [3.05, 3.63) is 76.0 Å². The Morgan fingerprint density at radius 3 is 2.59 bits per heavy atom. The third-order valence-corrected chi connectivity index (χ3v) is 4.31. The van der Waals surface area contributed by atoms with E-state index in [0.29, 0.717) is 10.0 Å². The quantitative estimate of drug-likeness (QED) is 0.602. The summed E-state index contributed by atoms with van der Waals surface area (Å²) in [6, 6.07) is 7.95. The van der Waals surface area contributed by atoms with E-state index >= 15 is 0 Å². The Balaban J connectivity index is 1.57. The Hall–Kier alpha value is -2.61. The molecule has 4 nitrogen and oxygen atoms in total. The minimum atomic E-state index is -0.758. The number of nitrogens with zero attached hydrogens (tertiary/aromatic N) is 1. The number of benzene rings is 2. The van der Waals surface area contributed by atoms with Gasteiger partial charge in [0.15, 0.2) is 11.7 Å². The summed E-state index contributed by atoms with van der Waals surface area (Å²) in [5, 5.41) is 2.60. The first-order chi connectivity index (χ1) is 12.9. The van der Waals surface area contributed by atoms with Gasteiger partial charge in [-0.25, -0.2) is 18.2 Å². The van der Waals surface area contributed by atoms with Gasteiger partial charge in [-0.1, -0.05) is 22.0 Å². The summed E-state index contributed by atoms with van der Waals surface area (Å²) < 4.78 is 47.2. The van der Waals surface area contributed by atoms with Crippen molar-refractivity contribution in [1.82, 2.24) is 10.3 Å². The van der Waals surface area contributed by atoms with Gasteiger partial charge in [0.1, 0.15) is 17.5 Å². The average Bonchev–Trinajstić information content (AvgIpc) is 3.09. The SMILES string of the molecule is O=C(CCc1ncc(-c2c(F)cccc2F)o1)NCc1cc(Br)ccc1F. The molecular formula is C19H14BrF3N2O2. The van der Waals surface area contributed by atoms with Crippen molar-refractivity contribution in [2.24, 2.45) is 0 Å². The number of rotatable bonds is 6. The van der Waals surface area contributed by atoms with Crippen LogP contribution < -0.4 is 5.32 Å². The molecule has 0 aliphatic heterocycles. The van der Waals surface area contributed by atoms with Crippen LogP contribution in [0.4, 0.5) is 13.2 Å². The van der Waals surface area contributed by atoms with E-state index in [1.165, 1.54) is 18.3 Å². The number of hydrogen-bond acceptors (Lipinski definition) is 3. The Bertz CT molecular complexity index is 955. The second-order valence-corrected chi connectivity index (χ2v) is 6.64. The number of carbonyl (C=O) groups excluding carboxylic acids is 1. The largest absolute Gasteiger partial charge is 0.441 e. The number of aryl methyl sites for hydroxylation is 1. The van der Waals surface area contributed by atoms with E-state index in [2.05, 4.69) is 26.2 Å². The van der Waals surface area contributed by atoms with Crippen LogP contribution in [0.2, 0.25) is 0 Å². The maximum absolute atomic E-state index is 13.8. The molecule has 0 fully saturated rings. The van der Waals surface area contributed by atoms with Gasteiger partial charge in [-0.15, -0.1) is 0 Å². The molecule has 0 aliphatic carbocycles. The molecule has 1 aromatic heterocycles. The van der Waals surface area contributed by atoms with Gasteiger partial charge in [-0.05, 0) is 30.3 Å². The van der Waals surface area contributed by atoms with E-state index in [9.17, 15) is 18.0 Å². The van der Waals surface area contributed by atoms with Crippen molar-refractivity contribution in [3.8, 4) is 11.3 Å². The number of oxazole rings is 1. The molecular weight excluding hydrogens is 425 g/mol. The fourth-order valence-corrected chi connectivity index (χ4v) is 2.86. The highest BCUT2D eigenvalue weighted by molar-refractivity contribution is 9.10. The third kappa shape index (κ3) is 4.77. The lowest BCUT2D eigenvalue weighted by atomic mass is 10.1. The molecule has 0 saturated carbocycles. The molecule has 0 aliphatic rings. The van der Waals surface area contributed by atoms with Crippen LogP contribution in [0.15, 0.2) is 51.5 Å². The van der Waals surface area contributed by atoms with E-state index in [-0.39, 0.29) is 42.5 Å². The zero-order valence-electron chi connectivity index (χ0n) is 13.9. The van der Waals surface area contributed by atoms with Crippen LogP contribution in [-0.4, -0.2) is 10.9 Å². The Kier molecular flexibility index (Phi) is 5.95. The summed E-state index contributed by atoms with van der Waals surface area (Å²) in [7, 11) is 0. The lowest BCUT2D eigenvalue weighted by molar-refractivity contribution is -0.121. The number of halogens is 4. The predicted molar refractivity (Wildman–Crippen MR) is 96.1 cm³/mol. The number of aromatic nitrogens is 1. The molecule has 3 aromatic rings. The van der Waals surface area contributed by atoms with Crippen molar-refractivity contribution in [1.29, 1.82) is 0 Å². The molecule has 27 heavy (non-hydrogen) atoms. The molecule has 3 rings (SSSR count). The summed E-state index contributed by atoms with van der Waals surface area (Å²) in [6.07, 6.45) is 1.39. The first-order valence-electron chi connectivity index (χ1n) is 8.04. The number of nitrogens with one attached hydrogen (secondary N) is 1. The molecule has 1 heterocycles. The van der Waals surface area contributed by atoms with E-state index in [1.807, 2.05) is 0 Å². The lowest BCUT2D eigenvalue weighted by Crippen LogP contribution is -2.23. The topological polar surface area (TPSA) is 55.1 Å². The Labute approximate surface area is 161 Å². The van der Waals surface area contributed by atoms with Gasteiger partial charge < -0.3 is 9.73 Å². The van der Waals surface area contributed by atoms with Crippen LogP contribution in [0.3, 0.4) is 0 Å². The smallest absolute Gasteiger partial charge is 0.220 e. The highest BCUT2D eigenvalue weighted by atomic mass is 79.9. The molecule has 0 radical (unpaired) electrons. The van der Waals surface area contributed by atoms with Crippen molar-refractivity contribution in [3.63, 3.8) is 0 Å². The zero-order valence-corrected chi connectivity index (χ0v) is 15.5. The number of amides is 1. The Morgan fingerprint density at radius 2 is 1.85 bits per heavy atom. The van der Waals surface area contributed by atoms with Crippen molar-refractivity contribution in [2.75, 3.05) is 0 Å². The molecule has 8 heteroatoms. The van der Waals surface area contributed by atoms with Crippen LogP contribution in [0.5, 0.6) is 0 Å². The molecule has 140 valence electrons. The monoisotopic (exact) mass is 438 g/mol. The average molecular weight is 439 g/mol. The first-order valence-corrected chi connectivity index (χ1v) is 8.83. The van der Waals surface area contributed by atoms with Crippen LogP contribution in [0.1, 0.15) is 17.9 Å². The summed E-state index contributed by atoms with van der Waals surface area (Å²) >= 11 is 3.24. The normalized spacial score (nSPS) is 10.8. The van der Waals surface area contributed by atoms with Gasteiger partial charge in [0.05, 0.1) is 11.8 Å². The van der Waals surface area contributed by atoms with Gasteiger partial charge in [0.2, 0.25) is 5.91 Å². The standard InChI is InChI=1S/C19H14BrF3N2O2/c20-12-4-5-13(21)11(8-12)9-24-17(26)6-7-18-25-10-16(27-18)19-14(22)2-1-3-15(19)23/h1-5,8,10H,6-7,9H2,(H,24,26). The van der Waals surface area contributed by atoms with E-state index in [4.69, 9.17) is 4.42 Å². The second-order valence-electron chi connectivity index (χ2n) is 5.73. The molecule has 0 saturated heterocycles. The van der Waals surface area contributed by atoms with Gasteiger partial charge in [-0.2, -0.15) is 0 Å². The van der Waals surface area contributed by atoms with Crippen molar-refractivity contribution in [2.45, 2.75) is 19.4 Å². The summed E-state index contributed by atoms with van der Waals surface area (Å²) in [5.74, 6) is -2.12. The van der Waals surface area contributed by atoms with Gasteiger partial charge in [-0.3, -0.25) is 4.79 Å². The van der Waals surface area contributed by atoms with E-state index < -0.39 is 17.5 Å². The highest BCUT2D eigenvalue weighted by Gasteiger charge is 2.16. The molecule has 0 bridgehead atoms. The number of carbonyl (C=O) groups is 1. The minimum absolute atomic E-state index is 0.0370. The van der Waals surface area contributed by atoms with Crippen LogP contribution in [-0.2, 0) is 17.8 Å². The van der Waals surface area contributed by atoms with Gasteiger partial charge >= 0.3 is 0 Å². The molecule has 1 N–H and O–H groups in total. The summed E-state index contributed by atoms with van der Waals surface area (Å²) in [5.41, 5.74) is 0.0528. The predicted octanol–water partition coefficient (Wildman–Crippen LogP) is 4.77. The molecule has 0 unspecified atom stereocenters. The summed E-state index contributed by atoms with van der Waals surface area (Å²) in [6.45, 7) is 0.0430. The van der Waals surface area contributed by atoms with Gasteiger partial charge in [0.25, 0.3) is 0 Å². The van der Waals surface area contributed by atoms with Crippen molar-refractivity contribution >= 4 is 21.8 Å². The summed E-state index contributed by atoms with van der Waals surface area (Å²) in [4.78, 5) is 15.9. The van der Waals surface area contributed by atoms with Crippen LogP contribution >= 0.6 is 15.9 Å². The van der Waals surface area contributed by atoms with Crippen molar-refractivity contribution < 1.29 is 22.4 Å². The first kappa shape index (κ1) is 19.2. The van der Waals surface area contributed by atoms with Gasteiger partial charge in [0, 0.05) is 29.4 Å². The maximum Gasteiger partial charge on any atom is 0.220 e. The molecule has 2 aromatic carbocycles. The third-order valence-electron chi connectivity index (χ3n) is 3.81. The fourth-order valence-electron chi connectivity index (χ4n) is 2.46. The molecule has 0 spiro atoms. The highest BCUT2D eigenvalue weighted by Crippen LogP contribution is 2.26. The van der Waals surface area contributed by atoms with Crippen LogP contribution in [0, 0.1) is 17.5 Å². The maximum atomic E-state index is 13.8.